The zero-order valence-corrected chi connectivity index (χ0v) is 15.0. The van der Waals surface area contributed by atoms with Gasteiger partial charge < -0.3 is 10.1 Å². The lowest BCUT2D eigenvalue weighted by atomic mass is 9.99. The molecule has 24 heavy (non-hydrogen) atoms. The van der Waals surface area contributed by atoms with Gasteiger partial charge in [0.15, 0.2) is 0 Å². The number of nitrogens with zero attached hydrogens (tertiary/aromatic N) is 1. The zero-order chi connectivity index (χ0) is 17.5. The molecule has 2 bridgehead atoms. The van der Waals surface area contributed by atoms with Gasteiger partial charge in [-0.1, -0.05) is 18.2 Å². The van der Waals surface area contributed by atoms with Gasteiger partial charge in [-0.25, -0.2) is 8.42 Å². The Morgan fingerprint density at radius 3 is 2.67 bits per heavy atom. The first-order valence-electron chi connectivity index (χ1n) is 8.30. The molecule has 1 N–H and O–H groups in total. The molecule has 0 spiro atoms. The Morgan fingerprint density at radius 2 is 2.00 bits per heavy atom. The summed E-state index contributed by atoms with van der Waals surface area (Å²) in [6, 6.07) is 7.04. The minimum atomic E-state index is -3.57. The number of carbonyl (C=O) groups excluding carboxylic acids is 1. The normalized spacial score (nSPS) is 27.4. The highest BCUT2D eigenvalue weighted by Gasteiger charge is 2.47. The Bertz CT molecular complexity index is 732. The van der Waals surface area contributed by atoms with E-state index in [1.165, 1.54) is 4.31 Å². The maximum absolute atomic E-state index is 13.0. The second-order valence-electron chi connectivity index (χ2n) is 6.89. The van der Waals surface area contributed by atoms with Crippen molar-refractivity contribution in [2.24, 2.45) is 5.92 Å². The van der Waals surface area contributed by atoms with Gasteiger partial charge in [0, 0.05) is 19.1 Å². The molecule has 1 aromatic rings. The van der Waals surface area contributed by atoms with Crippen molar-refractivity contribution >= 4 is 15.9 Å². The summed E-state index contributed by atoms with van der Waals surface area (Å²) in [4.78, 5) is 12.6. The number of hydrogen-bond donors (Lipinski definition) is 1. The van der Waals surface area contributed by atoms with E-state index in [0.717, 1.165) is 5.56 Å². The van der Waals surface area contributed by atoms with Crippen LogP contribution in [0.2, 0.25) is 0 Å². The number of aryl methyl sites for hydroxylation is 1. The van der Waals surface area contributed by atoms with Crippen molar-refractivity contribution in [3.05, 3.63) is 29.8 Å². The molecule has 2 aliphatic rings. The maximum atomic E-state index is 13.0. The fourth-order valence-corrected chi connectivity index (χ4v) is 5.18. The van der Waals surface area contributed by atoms with Crippen molar-refractivity contribution < 1.29 is 17.9 Å². The van der Waals surface area contributed by atoms with Gasteiger partial charge in [0.1, 0.15) is 0 Å². The molecule has 132 valence electrons. The predicted molar refractivity (Wildman–Crippen MR) is 90.0 cm³/mol. The first kappa shape index (κ1) is 17.4. The van der Waals surface area contributed by atoms with Gasteiger partial charge in [-0.15, -0.1) is 0 Å². The van der Waals surface area contributed by atoms with E-state index in [2.05, 4.69) is 5.32 Å². The number of carbonyl (C=O) groups is 1. The van der Waals surface area contributed by atoms with Gasteiger partial charge in [-0.3, -0.25) is 4.79 Å². The third-order valence-corrected chi connectivity index (χ3v) is 6.59. The first-order valence-corrected chi connectivity index (χ1v) is 9.74. The Kier molecular flexibility index (Phi) is 4.68. The summed E-state index contributed by atoms with van der Waals surface area (Å²) in [5.74, 6) is -0.331. The lowest BCUT2D eigenvalue weighted by molar-refractivity contribution is -0.127. The van der Waals surface area contributed by atoms with Crippen LogP contribution < -0.4 is 5.32 Å². The molecular weight excluding hydrogens is 328 g/mol. The summed E-state index contributed by atoms with van der Waals surface area (Å²) in [7, 11) is -3.57. The summed E-state index contributed by atoms with van der Waals surface area (Å²) in [5.41, 5.74) is 0.727. The van der Waals surface area contributed by atoms with E-state index in [4.69, 9.17) is 4.74 Å². The van der Waals surface area contributed by atoms with E-state index in [9.17, 15) is 13.2 Å². The van der Waals surface area contributed by atoms with Crippen LogP contribution in [0.25, 0.3) is 0 Å². The van der Waals surface area contributed by atoms with Crippen LogP contribution in [0.1, 0.15) is 25.8 Å². The molecule has 2 heterocycles. The molecule has 6 nitrogen and oxygen atoms in total. The molecule has 3 rings (SSSR count). The van der Waals surface area contributed by atoms with E-state index >= 15 is 0 Å². The molecule has 0 saturated carbocycles. The van der Waals surface area contributed by atoms with Crippen LogP contribution in [0.4, 0.5) is 0 Å². The second kappa shape index (κ2) is 6.46. The van der Waals surface area contributed by atoms with Crippen molar-refractivity contribution in [3.8, 4) is 0 Å². The summed E-state index contributed by atoms with van der Waals surface area (Å²) in [6.45, 7) is 6.15. The van der Waals surface area contributed by atoms with Crippen LogP contribution >= 0.6 is 0 Å². The van der Waals surface area contributed by atoms with Crippen molar-refractivity contribution in [1.29, 1.82) is 0 Å². The third-order valence-electron chi connectivity index (χ3n) is 4.60. The van der Waals surface area contributed by atoms with E-state index in [1.54, 1.807) is 25.1 Å². The Hall–Kier alpha value is -1.44. The average molecular weight is 352 g/mol. The van der Waals surface area contributed by atoms with E-state index in [-0.39, 0.29) is 36.6 Å². The monoisotopic (exact) mass is 352 g/mol. The molecule has 2 aliphatic heterocycles. The number of morpholine rings is 1. The van der Waals surface area contributed by atoms with E-state index in [0.29, 0.717) is 17.9 Å². The van der Waals surface area contributed by atoms with Gasteiger partial charge in [-0.2, -0.15) is 4.31 Å². The standard InChI is InChI=1S/C17H24N2O4S/c1-11(2)18-17(20)14-8-13-9-19(10-15(14)23-13)24(21,22)16-7-5-4-6-12(16)3/h4-7,11,13-15H,8-10H2,1-3H3,(H,18,20)/t13-,14+,15-/m0/s1. The number of nitrogens with one attached hydrogen (secondary N) is 1. The molecule has 2 saturated heterocycles. The molecule has 3 atom stereocenters. The molecule has 1 amide bonds. The Balaban J connectivity index is 1.80. The van der Waals surface area contributed by atoms with Crippen molar-refractivity contribution in [2.45, 2.75) is 50.3 Å². The smallest absolute Gasteiger partial charge is 0.243 e. The molecule has 0 radical (unpaired) electrons. The van der Waals surface area contributed by atoms with Crippen LogP contribution in [0.15, 0.2) is 29.2 Å². The van der Waals surface area contributed by atoms with Crippen molar-refractivity contribution in [2.75, 3.05) is 13.1 Å². The SMILES string of the molecule is Cc1ccccc1S(=O)(=O)N1C[C@@H]2C[C@@H](C(=O)NC(C)C)[C@H](C1)O2. The van der Waals surface area contributed by atoms with Crippen LogP contribution in [0.3, 0.4) is 0 Å². The van der Waals surface area contributed by atoms with E-state index < -0.39 is 10.0 Å². The van der Waals surface area contributed by atoms with Gasteiger partial charge in [0.2, 0.25) is 15.9 Å². The van der Waals surface area contributed by atoms with Crippen LogP contribution in [-0.2, 0) is 19.6 Å². The topological polar surface area (TPSA) is 75.7 Å². The highest BCUT2D eigenvalue weighted by Crippen LogP contribution is 2.34. The average Bonchev–Trinajstić information content (AvgIpc) is 2.81. The Morgan fingerprint density at radius 1 is 1.29 bits per heavy atom. The molecular formula is C17H24N2O4S. The first-order chi connectivity index (χ1) is 11.3. The van der Waals surface area contributed by atoms with Crippen LogP contribution in [-0.4, -0.2) is 50.0 Å². The lowest BCUT2D eigenvalue weighted by Gasteiger charge is -2.32. The number of ether oxygens (including phenoxy) is 1. The summed E-state index contributed by atoms with van der Waals surface area (Å²) in [6.07, 6.45) is -0.0185. The fraction of sp³-hybridized carbons (Fsp3) is 0.588. The minimum absolute atomic E-state index is 0.0485. The highest BCUT2D eigenvalue weighted by molar-refractivity contribution is 7.89. The predicted octanol–water partition coefficient (Wildman–Crippen LogP) is 1.30. The number of sulfonamides is 1. The number of amides is 1. The number of fused-ring (bicyclic) bond motifs is 2. The second-order valence-corrected chi connectivity index (χ2v) is 8.80. The molecule has 0 aromatic heterocycles. The molecule has 1 aromatic carbocycles. The van der Waals surface area contributed by atoms with Gasteiger partial charge in [-0.05, 0) is 38.8 Å². The summed E-state index contributed by atoms with van der Waals surface area (Å²) >= 11 is 0. The van der Waals surface area contributed by atoms with Gasteiger partial charge >= 0.3 is 0 Å². The molecule has 0 aliphatic carbocycles. The lowest BCUT2D eigenvalue weighted by Crippen LogP contribution is -2.48. The minimum Gasteiger partial charge on any atom is -0.371 e. The van der Waals surface area contributed by atoms with Crippen LogP contribution in [0.5, 0.6) is 0 Å². The van der Waals surface area contributed by atoms with Gasteiger partial charge in [0.25, 0.3) is 0 Å². The third kappa shape index (κ3) is 3.20. The fourth-order valence-electron chi connectivity index (χ4n) is 3.47. The van der Waals surface area contributed by atoms with Gasteiger partial charge in [0.05, 0.1) is 23.0 Å². The summed E-state index contributed by atoms with van der Waals surface area (Å²) < 4.78 is 33.2. The maximum Gasteiger partial charge on any atom is 0.243 e. The number of benzene rings is 1. The number of hydrogen-bond acceptors (Lipinski definition) is 4. The highest BCUT2D eigenvalue weighted by atomic mass is 32.2. The van der Waals surface area contributed by atoms with Crippen molar-refractivity contribution in [3.63, 3.8) is 0 Å². The Labute approximate surface area is 143 Å². The number of rotatable bonds is 4. The zero-order valence-electron chi connectivity index (χ0n) is 14.2. The largest absolute Gasteiger partial charge is 0.371 e. The molecule has 7 heteroatoms. The van der Waals surface area contributed by atoms with Crippen LogP contribution in [0, 0.1) is 12.8 Å². The molecule has 2 fully saturated rings. The summed E-state index contributed by atoms with van der Waals surface area (Å²) in [5, 5.41) is 2.90. The molecule has 0 unspecified atom stereocenters. The van der Waals surface area contributed by atoms with Crippen molar-refractivity contribution in [1.82, 2.24) is 9.62 Å². The van der Waals surface area contributed by atoms with E-state index in [1.807, 2.05) is 19.9 Å². The quantitative estimate of drug-likeness (QED) is 0.886.